The molecular weight excluding hydrogens is 444 g/mol. The van der Waals surface area contributed by atoms with Crippen LogP contribution >= 0.6 is 0 Å². The van der Waals surface area contributed by atoms with E-state index < -0.39 is 28.6 Å². The topological polar surface area (TPSA) is 100 Å². The molecule has 0 bridgehead atoms. The van der Waals surface area contributed by atoms with Crippen LogP contribution in [-0.2, 0) is 6.42 Å². The molecule has 0 aliphatic carbocycles. The van der Waals surface area contributed by atoms with E-state index in [1.807, 2.05) is 30.3 Å². The molecule has 2 N–H and O–H groups in total. The maximum atomic E-state index is 14.4. The fraction of sp³-hybridized carbons (Fsp3) is 0.250. The van der Waals surface area contributed by atoms with Gasteiger partial charge in [0.1, 0.15) is 17.5 Å². The highest BCUT2D eigenvalue weighted by molar-refractivity contribution is 5.90. The summed E-state index contributed by atoms with van der Waals surface area (Å²) in [6, 6.07) is 14.5. The zero-order chi connectivity index (χ0) is 24.1. The van der Waals surface area contributed by atoms with Crippen molar-refractivity contribution in [2.24, 2.45) is 0 Å². The van der Waals surface area contributed by atoms with E-state index in [1.165, 1.54) is 12.1 Å². The number of halogens is 2. The highest BCUT2D eigenvalue weighted by Gasteiger charge is 2.31. The Morgan fingerprint density at radius 2 is 1.94 bits per heavy atom. The smallest absolute Gasteiger partial charge is 0.320 e. The third kappa shape index (κ3) is 5.28. The highest BCUT2D eigenvalue weighted by Crippen LogP contribution is 2.38. The van der Waals surface area contributed by atoms with E-state index in [-0.39, 0.29) is 17.1 Å². The summed E-state index contributed by atoms with van der Waals surface area (Å²) in [4.78, 5) is 29.3. The van der Waals surface area contributed by atoms with Crippen molar-refractivity contribution in [3.05, 3.63) is 93.5 Å². The molecule has 3 aromatic rings. The SMILES string of the molecule is O=C(NCCc1ccccc1)Nc1nc(N2CCCC2c2cc(F)ccc2F)ccc1[N+](=O)[O-]. The van der Waals surface area contributed by atoms with Crippen LogP contribution in [0.25, 0.3) is 0 Å². The Morgan fingerprint density at radius 3 is 2.71 bits per heavy atom. The lowest BCUT2D eigenvalue weighted by Crippen LogP contribution is -2.31. The molecule has 34 heavy (non-hydrogen) atoms. The van der Waals surface area contributed by atoms with Gasteiger partial charge in [-0.2, -0.15) is 0 Å². The number of benzene rings is 2. The van der Waals surface area contributed by atoms with Gasteiger partial charge in [-0.3, -0.25) is 15.4 Å². The van der Waals surface area contributed by atoms with Gasteiger partial charge in [0.05, 0.1) is 11.0 Å². The molecule has 1 saturated heterocycles. The minimum Gasteiger partial charge on any atom is -0.349 e. The summed E-state index contributed by atoms with van der Waals surface area (Å²) in [5.41, 5.74) is 0.874. The van der Waals surface area contributed by atoms with Crippen LogP contribution in [0.15, 0.2) is 60.7 Å². The molecule has 1 atom stereocenters. The average molecular weight is 467 g/mol. The van der Waals surface area contributed by atoms with Crippen LogP contribution in [-0.4, -0.2) is 29.0 Å². The number of nitrogens with zero attached hydrogens (tertiary/aromatic N) is 3. The molecular formula is C24H23F2N5O3. The average Bonchev–Trinajstić information content (AvgIpc) is 3.31. The Morgan fingerprint density at radius 1 is 1.15 bits per heavy atom. The van der Waals surface area contributed by atoms with Crippen molar-refractivity contribution >= 4 is 23.4 Å². The minimum absolute atomic E-state index is 0.200. The van der Waals surface area contributed by atoms with E-state index in [1.54, 1.807) is 4.90 Å². The van der Waals surface area contributed by atoms with Crippen LogP contribution in [0.2, 0.25) is 0 Å². The molecule has 2 aromatic carbocycles. The van der Waals surface area contributed by atoms with Crippen LogP contribution < -0.4 is 15.5 Å². The van der Waals surface area contributed by atoms with Crippen LogP contribution in [0.1, 0.15) is 30.0 Å². The molecule has 1 fully saturated rings. The Kier molecular flexibility index (Phi) is 6.95. The van der Waals surface area contributed by atoms with Gasteiger partial charge in [0.15, 0.2) is 0 Å². The van der Waals surface area contributed by atoms with Gasteiger partial charge in [-0.1, -0.05) is 30.3 Å². The number of rotatable bonds is 7. The number of nitro groups is 1. The van der Waals surface area contributed by atoms with Crippen LogP contribution in [0.4, 0.5) is 30.9 Å². The molecule has 10 heteroatoms. The summed E-state index contributed by atoms with van der Waals surface area (Å²) < 4.78 is 28.2. The van der Waals surface area contributed by atoms with Gasteiger partial charge < -0.3 is 10.2 Å². The first-order chi connectivity index (χ1) is 16.4. The molecule has 0 saturated carbocycles. The van der Waals surface area contributed by atoms with Gasteiger partial charge in [0.25, 0.3) is 0 Å². The lowest BCUT2D eigenvalue weighted by Gasteiger charge is -2.26. The third-order valence-corrected chi connectivity index (χ3v) is 5.69. The van der Waals surface area contributed by atoms with Crippen LogP contribution in [0.3, 0.4) is 0 Å². The lowest BCUT2D eigenvalue weighted by molar-refractivity contribution is -0.384. The molecule has 2 amide bonds. The first kappa shape index (κ1) is 23.1. The number of hydrogen-bond acceptors (Lipinski definition) is 5. The van der Waals surface area contributed by atoms with E-state index in [4.69, 9.17) is 0 Å². The van der Waals surface area contributed by atoms with Gasteiger partial charge in [-0.05, 0) is 49.1 Å². The fourth-order valence-corrected chi connectivity index (χ4v) is 4.09. The van der Waals surface area contributed by atoms with E-state index in [9.17, 15) is 23.7 Å². The number of hydrogen-bond donors (Lipinski definition) is 2. The number of carbonyl (C=O) groups is 1. The number of aromatic nitrogens is 1. The first-order valence-electron chi connectivity index (χ1n) is 10.9. The Hall–Kier alpha value is -4.08. The molecule has 1 aliphatic heterocycles. The predicted octanol–water partition coefficient (Wildman–Crippen LogP) is 4.97. The molecule has 2 heterocycles. The second-order valence-corrected chi connectivity index (χ2v) is 7.93. The van der Waals surface area contributed by atoms with Crippen LogP contribution in [0, 0.1) is 21.7 Å². The normalized spacial score (nSPS) is 15.2. The maximum absolute atomic E-state index is 14.4. The van der Waals surface area contributed by atoms with Crippen molar-refractivity contribution in [3.63, 3.8) is 0 Å². The van der Waals surface area contributed by atoms with Crippen molar-refractivity contribution in [2.75, 3.05) is 23.3 Å². The summed E-state index contributed by atoms with van der Waals surface area (Å²) in [5, 5.41) is 16.6. The van der Waals surface area contributed by atoms with Crippen molar-refractivity contribution < 1.29 is 18.5 Å². The van der Waals surface area contributed by atoms with Crippen molar-refractivity contribution in [2.45, 2.75) is 25.3 Å². The van der Waals surface area contributed by atoms with E-state index in [0.717, 1.165) is 23.8 Å². The maximum Gasteiger partial charge on any atom is 0.320 e. The summed E-state index contributed by atoms with van der Waals surface area (Å²) in [7, 11) is 0. The minimum atomic E-state index is -0.635. The summed E-state index contributed by atoms with van der Waals surface area (Å²) in [6.45, 7) is 0.838. The molecule has 0 spiro atoms. The van der Waals surface area contributed by atoms with E-state index >= 15 is 0 Å². The zero-order valence-electron chi connectivity index (χ0n) is 18.2. The molecule has 4 rings (SSSR count). The Balaban J connectivity index is 1.51. The Labute approximate surface area is 194 Å². The number of anilines is 2. The van der Waals surface area contributed by atoms with Gasteiger partial charge in [0.2, 0.25) is 5.82 Å². The fourth-order valence-electron chi connectivity index (χ4n) is 4.09. The highest BCUT2D eigenvalue weighted by atomic mass is 19.1. The van der Waals surface area contributed by atoms with Gasteiger partial charge in [-0.15, -0.1) is 0 Å². The number of carbonyl (C=O) groups excluding carboxylic acids is 1. The quantitative estimate of drug-likeness (QED) is 0.377. The van der Waals surface area contributed by atoms with Crippen LogP contribution in [0.5, 0.6) is 0 Å². The van der Waals surface area contributed by atoms with Crippen molar-refractivity contribution in [1.82, 2.24) is 10.3 Å². The summed E-state index contributed by atoms with van der Waals surface area (Å²) in [5.74, 6) is -0.966. The summed E-state index contributed by atoms with van der Waals surface area (Å²) in [6.07, 6.45) is 1.88. The van der Waals surface area contributed by atoms with Gasteiger partial charge >= 0.3 is 11.7 Å². The number of pyridine rings is 1. The number of amides is 2. The first-order valence-corrected chi connectivity index (χ1v) is 10.9. The molecule has 1 unspecified atom stereocenters. The van der Waals surface area contributed by atoms with Gasteiger partial charge in [0, 0.05) is 24.7 Å². The standard InChI is InChI=1S/C24H23F2N5O3/c25-17-8-9-19(26)18(15-17)20-7-4-14-30(20)22-11-10-21(31(33)34)23(28-22)29-24(32)27-13-12-16-5-2-1-3-6-16/h1-3,5-6,8-11,15,20H,4,7,12-14H2,(H2,27,28,29,32). The van der Waals surface area contributed by atoms with Crippen molar-refractivity contribution in [3.8, 4) is 0 Å². The predicted molar refractivity (Wildman–Crippen MR) is 124 cm³/mol. The van der Waals surface area contributed by atoms with E-state index in [0.29, 0.717) is 38.2 Å². The van der Waals surface area contributed by atoms with E-state index in [2.05, 4.69) is 15.6 Å². The molecule has 0 radical (unpaired) electrons. The second-order valence-electron chi connectivity index (χ2n) is 7.93. The van der Waals surface area contributed by atoms with Gasteiger partial charge in [-0.25, -0.2) is 18.6 Å². The third-order valence-electron chi connectivity index (χ3n) is 5.69. The molecule has 1 aliphatic rings. The Bertz CT molecular complexity index is 1190. The lowest BCUT2D eigenvalue weighted by atomic mass is 10.0. The number of nitrogens with one attached hydrogen (secondary N) is 2. The van der Waals surface area contributed by atoms with Crippen molar-refractivity contribution in [1.29, 1.82) is 0 Å². The molecule has 1 aromatic heterocycles. The second kappa shape index (κ2) is 10.2. The summed E-state index contributed by atoms with van der Waals surface area (Å²) >= 11 is 0. The number of urea groups is 1. The molecule has 176 valence electrons. The largest absolute Gasteiger partial charge is 0.349 e. The zero-order valence-corrected chi connectivity index (χ0v) is 18.2. The molecule has 8 nitrogen and oxygen atoms in total. The monoisotopic (exact) mass is 467 g/mol.